The van der Waals surface area contributed by atoms with E-state index >= 15 is 0 Å². The molecule has 0 saturated carbocycles. The van der Waals surface area contributed by atoms with E-state index in [2.05, 4.69) is 10.6 Å². The summed E-state index contributed by atoms with van der Waals surface area (Å²) in [6, 6.07) is 10.5. The molecule has 2 aromatic carbocycles. The maximum absolute atomic E-state index is 13.0. The molecule has 0 heterocycles. The maximum Gasteiger partial charge on any atom is 0.319 e. The molecule has 0 aliphatic heterocycles. The number of nitrogens with one attached hydrogen (secondary N) is 2. The third-order valence-electron chi connectivity index (χ3n) is 2.54. The number of hydrogen-bond acceptors (Lipinski definition) is 1. The van der Waals surface area contributed by atoms with Crippen LogP contribution >= 0.6 is 23.2 Å². The van der Waals surface area contributed by atoms with Crippen molar-refractivity contribution in [2.45, 2.75) is 6.54 Å². The lowest BCUT2D eigenvalue weighted by Gasteiger charge is -2.09. The average Bonchev–Trinajstić information content (AvgIpc) is 2.42. The van der Waals surface area contributed by atoms with Crippen LogP contribution in [0.2, 0.25) is 10.0 Å². The summed E-state index contributed by atoms with van der Waals surface area (Å²) >= 11 is 11.8. The average molecular weight is 313 g/mol. The third-order valence-corrected chi connectivity index (χ3v) is 3.36. The van der Waals surface area contributed by atoms with Gasteiger partial charge in [0.05, 0.1) is 15.7 Å². The first kappa shape index (κ1) is 14.6. The molecule has 3 nitrogen and oxygen atoms in total. The Labute approximate surface area is 125 Å². The zero-order valence-electron chi connectivity index (χ0n) is 10.3. The second-order valence-corrected chi connectivity index (χ2v) is 4.82. The summed E-state index contributed by atoms with van der Waals surface area (Å²) in [4.78, 5) is 11.7. The van der Waals surface area contributed by atoms with E-state index in [0.29, 0.717) is 16.3 Å². The molecule has 2 N–H and O–H groups in total. The highest BCUT2D eigenvalue weighted by Crippen LogP contribution is 2.29. The molecule has 0 unspecified atom stereocenters. The topological polar surface area (TPSA) is 41.1 Å². The van der Waals surface area contributed by atoms with Gasteiger partial charge in [-0.3, -0.25) is 0 Å². The van der Waals surface area contributed by atoms with Crippen molar-refractivity contribution in [1.29, 1.82) is 0 Å². The summed E-state index contributed by atoms with van der Waals surface area (Å²) in [5, 5.41) is 5.81. The van der Waals surface area contributed by atoms with Gasteiger partial charge in [0.25, 0.3) is 0 Å². The van der Waals surface area contributed by atoms with Crippen molar-refractivity contribution >= 4 is 34.9 Å². The first-order valence-corrected chi connectivity index (χ1v) is 6.55. The van der Waals surface area contributed by atoms with Crippen molar-refractivity contribution in [3.05, 3.63) is 63.9 Å². The molecule has 2 aromatic rings. The van der Waals surface area contributed by atoms with Crippen LogP contribution < -0.4 is 10.6 Å². The number of anilines is 1. The smallest absolute Gasteiger partial charge is 0.319 e. The minimum atomic E-state index is -0.446. The van der Waals surface area contributed by atoms with Crippen molar-refractivity contribution in [3.63, 3.8) is 0 Å². The molecule has 0 saturated heterocycles. The Morgan fingerprint density at radius 1 is 1.15 bits per heavy atom. The molecule has 0 atom stereocenters. The number of urea groups is 1. The zero-order chi connectivity index (χ0) is 14.5. The quantitative estimate of drug-likeness (QED) is 0.863. The standard InChI is InChI=1S/C14H11Cl2FN2O/c15-11-5-2-6-12(13(11)16)19-14(20)18-8-9-3-1-4-10(17)7-9/h1-7H,8H2,(H2,18,19,20). The van der Waals surface area contributed by atoms with E-state index in [9.17, 15) is 9.18 Å². The predicted molar refractivity (Wildman–Crippen MR) is 78.7 cm³/mol. The molecule has 0 aromatic heterocycles. The van der Waals surface area contributed by atoms with Gasteiger partial charge in [-0.2, -0.15) is 0 Å². The Kier molecular flexibility index (Phi) is 4.82. The number of rotatable bonds is 3. The van der Waals surface area contributed by atoms with E-state index in [-0.39, 0.29) is 17.4 Å². The molecule has 2 amide bonds. The van der Waals surface area contributed by atoms with Crippen LogP contribution in [0.4, 0.5) is 14.9 Å². The lowest BCUT2D eigenvalue weighted by molar-refractivity contribution is 0.251. The van der Waals surface area contributed by atoms with Gasteiger partial charge >= 0.3 is 6.03 Å². The predicted octanol–water partition coefficient (Wildman–Crippen LogP) is 4.45. The molecule has 0 aliphatic carbocycles. The van der Waals surface area contributed by atoms with Gasteiger partial charge in [-0.1, -0.05) is 41.4 Å². The van der Waals surface area contributed by atoms with E-state index in [0.717, 1.165) is 0 Å². The van der Waals surface area contributed by atoms with Gasteiger partial charge in [-0.15, -0.1) is 0 Å². The summed E-state index contributed by atoms with van der Waals surface area (Å²) in [7, 11) is 0. The van der Waals surface area contributed by atoms with E-state index < -0.39 is 6.03 Å². The Bertz CT molecular complexity index is 634. The molecule has 0 bridgehead atoms. The van der Waals surface area contributed by atoms with Gasteiger partial charge in [0.15, 0.2) is 0 Å². The van der Waals surface area contributed by atoms with Crippen LogP contribution in [0.25, 0.3) is 0 Å². The van der Waals surface area contributed by atoms with Crippen LogP contribution in [0.1, 0.15) is 5.56 Å². The van der Waals surface area contributed by atoms with Crippen LogP contribution in [-0.2, 0) is 6.54 Å². The fraction of sp³-hybridized carbons (Fsp3) is 0.0714. The lowest BCUT2D eigenvalue weighted by atomic mass is 10.2. The fourth-order valence-corrected chi connectivity index (χ4v) is 1.94. The van der Waals surface area contributed by atoms with Gasteiger partial charge < -0.3 is 10.6 Å². The summed E-state index contributed by atoms with van der Waals surface area (Å²) in [6.45, 7) is 0.210. The zero-order valence-corrected chi connectivity index (χ0v) is 11.8. The number of carbonyl (C=O) groups excluding carboxylic acids is 1. The van der Waals surface area contributed by atoms with Crippen molar-refractivity contribution in [2.75, 3.05) is 5.32 Å². The summed E-state index contributed by atoms with van der Waals surface area (Å²) < 4.78 is 13.0. The number of halogens is 3. The fourth-order valence-electron chi connectivity index (χ4n) is 1.60. The van der Waals surface area contributed by atoms with Crippen molar-refractivity contribution in [3.8, 4) is 0 Å². The summed E-state index contributed by atoms with van der Waals surface area (Å²) in [6.07, 6.45) is 0. The molecular formula is C14H11Cl2FN2O. The highest BCUT2D eigenvalue weighted by Gasteiger charge is 2.07. The largest absolute Gasteiger partial charge is 0.334 e. The van der Waals surface area contributed by atoms with Crippen LogP contribution in [0.15, 0.2) is 42.5 Å². The van der Waals surface area contributed by atoms with Gasteiger partial charge in [-0.05, 0) is 29.8 Å². The lowest BCUT2D eigenvalue weighted by Crippen LogP contribution is -2.28. The number of carbonyl (C=O) groups is 1. The highest BCUT2D eigenvalue weighted by atomic mass is 35.5. The van der Waals surface area contributed by atoms with Crippen LogP contribution in [0.5, 0.6) is 0 Å². The molecule has 0 fully saturated rings. The number of benzene rings is 2. The van der Waals surface area contributed by atoms with E-state index in [1.54, 1.807) is 30.3 Å². The third kappa shape index (κ3) is 3.85. The van der Waals surface area contributed by atoms with E-state index in [1.807, 2.05) is 0 Å². The van der Waals surface area contributed by atoms with Crippen LogP contribution in [0.3, 0.4) is 0 Å². The molecule has 0 spiro atoms. The van der Waals surface area contributed by atoms with Gasteiger partial charge in [-0.25, -0.2) is 9.18 Å². The second-order valence-electron chi connectivity index (χ2n) is 4.04. The van der Waals surface area contributed by atoms with Gasteiger partial charge in [0.1, 0.15) is 5.82 Å². The van der Waals surface area contributed by atoms with E-state index in [4.69, 9.17) is 23.2 Å². The van der Waals surface area contributed by atoms with Crippen LogP contribution in [-0.4, -0.2) is 6.03 Å². The Morgan fingerprint density at radius 2 is 1.90 bits per heavy atom. The molecular weight excluding hydrogens is 302 g/mol. The molecule has 0 aliphatic rings. The number of amides is 2. The van der Waals surface area contributed by atoms with Crippen LogP contribution in [0, 0.1) is 5.82 Å². The normalized spacial score (nSPS) is 10.2. The molecule has 6 heteroatoms. The van der Waals surface area contributed by atoms with Gasteiger partial charge in [0.2, 0.25) is 0 Å². The minimum Gasteiger partial charge on any atom is -0.334 e. The minimum absolute atomic E-state index is 0.210. The highest BCUT2D eigenvalue weighted by molar-refractivity contribution is 6.43. The van der Waals surface area contributed by atoms with E-state index in [1.165, 1.54) is 12.1 Å². The number of hydrogen-bond donors (Lipinski definition) is 2. The molecule has 20 heavy (non-hydrogen) atoms. The summed E-state index contributed by atoms with van der Waals surface area (Å²) in [5.41, 5.74) is 1.08. The van der Waals surface area contributed by atoms with Crippen molar-refractivity contribution in [2.24, 2.45) is 0 Å². The monoisotopic (exact) mass is 312 g/mol. The molecule has 0 radical (unpaired) electrons. The van der Waals surface area contributed by atoms with Crippen molar-refractivity contribution in [1.82, 2.24) is 5.32 Å². The van der Waals surface area contributed by atoms with Gasteiger partial charge in [0, 0.05) is 6.54 Å². The Hall–Kier alpha value is -1.78. The maximum atomic E-state index is 13.0. The SMILES string of the molecule is O=C(NCc1cccc(F)c1)Nc1cccc(Cl)c1Cl. The van der Waals surface area contributed by atoms with Crippen molar-refractivity contribution < 1.29 is 9.18 Å². The second kappa shape index (κ2) is 6.59. The first-order chi connectivity index (χ1) is 9.56. The first-order valence-electron chi connectivity index (χ1n) is 5.79. The molecule has 104 valence electrons. The molecule has 2 rings (SSSR count). The Morgan fingerprint density at radius 3 is 2.65 bits per heavy atom. The summed E-state index contributed by atoms with van der Waals surface area (Å²) in [5.74, 6) is -0.345. The Balaban J connectivity index is 1.94.